The Kier molecular flexibility index (Phi) is 6.14. The molecule has 0 spiro atoms. The standard InChI is InChI=1S/C9H13N3O.CH4O3S/c1-6-3-4-8(13-2)7(5-6)12-9(10)11;1-5(2,3)4/h3-5H,1-2H3,(H4,10,11,12);1H3,(H,2,3,4). The molecule has 0 aromatic heterocycles. The van der Waals surface area contributed by atoms with E-state index in [-0.39, 0.29) is 5.96 Å². The van der Waals surface area contributed by atoms with Gasteiger partial charge in [-0.1, -0.05) is 6.07 Å². The molecule has 8 heteroatoms. The van der Waals surface area contributed by atoms with Crippen molar-refractivity contribution in [3.8, 4) is 5.75 Å². The molecule has 18 heavy (non-hydrogen) atoms. The van der Waals surface area contributed by atoms with Gasteiger partial charge in [-0.15, -0.1) is 0 Å². The topological polar surface area (TPSA) is 128 Å². The Labute approximate surface area is 106 Å². The molecule has 0 fully saturated rings. The molecule has 1 aromatic rings. The van der Waals surface area contributed by atoms with Crippen LogP contribution in [-0.4, -0.2) is 32.3 Å². The maximum absolute atomic E-state index is 9.19. The number of benzene rings is 1. The van der Waals surface area contributed by atoms with Crippen molar-refractivity contribution in [1.29, 1.82) is 0 Å². The molecule has 0 aliphatic rings. The minimum atomic E-state index is -3.67. The number of nitrogens with two attached hydrogens (primary N) is 2. The summed E-state index contributed by atoms with van der Waals surface area (Å²) in [6.45, 7) is 1.96. The van der Waals surface area contributed by atoms with E-state index >= 15 is 0 Å². The highest BCUT2D eigenvalue weighted by molar-refractivity contribution is 7.85. The van der Waals surface area contributed by atoms with Crippen LogP contribution in [0, 0.1) is 6.92 Å². The van der Waals surface area contributed by atoms with E-state index in [1.54, 1.807) is 7.11 Å². The average Bonchev–Trinajstić information content (AvgIpc) is 2.14. The molecule has 0 heterocycles. The molecule has 0 bridgehead atoms. The van der Waals surface area contributed by atoms with E-state index in [0.29, 0.717) is 17.7 Å². The zero-order valence-electron chi connectivity index (χ0n) is 10.4. The number of hydrogen-bond acceptors (Lipinski definition) is 4. The molecule has 0 atom stereocenters. The molecular weight excluding hydrogens is 258 g/mol. The first-order valence-electron chi connectivity index (χ1n) is 4.80. The van der Waals surface area contributed by atoms with Crippen LogP contribution in [0.15, 0.2) is 23.2 Å². The lowest BCUT2D eigenvalue weighted by Crippen LogP contribution is -2.21. The van der Waals surface area contributed by atoms with Gasteiger partial charge in [0.2, 0.25) is 0 Å². The van der Waals surface area contributed by atoms with Gasteiger partial charge in [0, 0.05) is 0 Å². The van der Waals surface area contributed by atoms with Gasteiger partial charge in [-0.3, -0.25) is 4.55 Å². The van der Waals surface area contributed by atoms with Gasteiger partial charge in [0.1, 0.15) is 11.4 Å². The number of aliphatic imine (C=N–C) groups is 1. The summed E-state index contributed by atoms with van der Waals surface area (Å²) < 4.78 is 31.0. The van der Waals surface area contributed by atoms with Crippen molar-refractivity contribution >= 4 is 21.8 Å². The van der Waals surface area contributed by atoms with Gasteiger partial charge in [0.05, 0.1) is 13.4 Å². The molecule has 0 amide bonds. The van der Waals surface area contributed by atoms with Crippen LogP contribution in [0.25, 0.3) is 0 Å². The first-order valence-corrected chi connectivity index (χ1v) is 6.65. The van der Waals surface area contributed by atoms with Gasteiger partial charge in [0.15, 0.2) is 5.96 Å². The fraction of sp³-hybridized carbons (Fsp3) is 0.300. The number of guanidine groups is 1. The fourth-order valence-corrected chi connectivity index (χ4v) is 1.03. The van der Waals surface area contributed by atoms with Crippen molar-refractivity contribution in [2.45, 2.75) is 6.92 Å². The lowest BCUT2D eigenvalue weighted by molar-refractivity contribution is 0.416. The fourth-order valence-electron chi connectivity index (χ4n) is 1.03. The molecule has 0 saturated carbocycles. The molecule has 0 saturated heterocycles. The van der Waals surface area contributed by atoms with Crippen LogP contribution < -0.4 is 16.2 Å². The average molecular weight is 275 g/mol. The molecular formula is C10H17N3O4S. The van der Waals surface area contributed by atoms with Crippen molar-refractivity contribution in [3.63, 3.8) is 0 Å². The molecule has 5 N–H and O–H groups in total. The van der Waals surface area contributed by atoms with E-state index in [2.05, 4.69) is 4.99 Å². The Morgan fingerprint density at radius 2 is 1.89 bits per heavy atom. The zero-order chi connectivity index (χ0) is 14.3. The van der Waals surface area contributed by atoms with Crippen LogP contribution in [0.5, 0.6) is 5.75 Å². The van der Waals surface area contributed by atoms with Gasteiger partial charge in [-0.05, 0) is 24.6 Å². The van der Waals surface area contributed by atoms with E-state index < -0.39 is 10.1 Å². The first kappa shape index (κ1) is 16.2. The highest BCUT2D eigenvalue weighted by Gasteiger charge is 2.00. The van der Waals surface area contributed by atoms with E-state index in [4.69, 9.17) is 20.8 Å². The number of ether oxygens (including phenoxy) is 1. The second-order valence-electron chi connectivity index (χ2n) is 3.44. The highest BCUT2D eigenvalue weighted by Crippen LogP contribution is 2.27. The second kappa shape index (κ2) is 6.82. The summed E-state index contributed by atoms with van der Waals surface area (Å²) in [5.74, 6) is 0.697. The molecule has 1 rings (SSSR count). The van der Waals surface area contributed by atoms with Gasteiger partial charge in [-0.25, -0.2) is 4.99 Å². The SMILES string of the molecule is COc1ccc(C)cc1N=C(N)N.CS(=O)(=O)O. The van der Waals surface area contributed by atoms with Gasteiger partial charge < -0.3 is 16.2 Å². The summed E-state index contributed by atoms with van der Waals surface area (Å²) >= 11 is 0. The quantitative estimate of drug-likeness (QED) is 0.407. The van der Waals surface area contributed by atoms with E-state index in [0.717, 1.165) is 5.56 Å². The molecule has 0 aliphatic heterocycles. The molecule has 102 valence electrons. The summed E-state index contributed by atoms with van der Waals surface area (Å²) in [4.78, 5) is 3.94. The van der Waals surface area contributed by atoms with Crippen LogP contribution in [0.3, 0.4) is 0 Å². The summed E-state index contributed by atoms with van der Waals surface area (Å²) in [5.41, 5.74) is 12.3. The molecule has 0 radical (unpaired) electrons. The lowest BCUT2D eigenvalue weighted by Gasteiger charge is -2.04. The third-order valence-corrected chi connectivity index (χ3v) is 1.58. The van der Waals surface area contributed by atoms with Crippen LogP contribution in [0.1, 0.15) is 5.56 Å². The molecule has 0 unspecified atom stereocenters. The van der Waals surface area contributed by atoms with Crippen molar-refractivity contribution in [2.75, 3.05) is 13.4 Å². The molecule has 1 aromatic carbocycles. The van der Waals surface area contributed by atoms with Crippen molar-refractivity contribution in [1.82, 2.24) is 0 Å². The Hall–Kier alpha value is -1.80. The van der Waals surface area contributed by atoms with E-state index in [9.17, 15) is 8.42 Å². The Balaban J connectivity index is 0.000000494. The highest BCUT2D eigenvalue weighted by atomic mass is 32.2. The minimum absolute atomic E-state index is 0.0314. The van der Waals surface area contributed by atoms with Crippen LogP contribution >= 0.6 is 0 Å². The van der Waals surface area contributed by atoms with E-state index in [1.165, 1.54) is 0 Å². The first-order chi connectivity index (χ1) is 8.13. The Morgan fingerprint density at radius 1 is 1.39 bits per heavy atom. The zero-order valence-corrected chi connectivity index (χ0v) is 11.2. The second-order valence-corrected chi connectivity index (χ2v) is 4.91. The van der Waals surface area contributed by atoms with Crippen molar-refractivity contribution in [3.05, 3.63) is 23.8 Å². The van der Waals surface area contributed by atoms with Gasteiger partial charge in [-0.2, -0.15) is 8.42 Å². The number of hydrogen-bond donors (Lipinski definition) is 3. The lowest BCUT2D eigenvalue weighted by atomic mass is 10.2. The Morgan fingerprint density at radius 3 is 2.28 bits per heavy atom. The third kappa shape index (κ3) is 8.36. The predicted octanol–water partition coefficient (Wildman–Crippen LogP) is 0.413. The largest absolute Gasteiger partial charge is 0.494 e. The molecule has 0 aliphatic carbocycles. The van der Waals surface area contributed by atoms with Crippen molar-refractivity contribution < 1.29 is 17.7 Å². The van der Waals surface area contributed by atoms with E-state index in [1.807, 2.05) is 25.1 Å². The molecule has 7 nitrogen and oxygen atoms in total. The normalized spacial score (nSPS) is 10.0. The summed E-state index contributed by atoms with van der Waals surface area (Å²) in [5, 5.41) is 0. The summed E-state index contributed by atoms with van der Waals surface area (Å²) in [6.07, 6.45) is 0.715. The van der Waals surface area contributed by atoms with Crippen molar-refractivity contribution in [2.24, 2.45) is 16.5 Å². The minimum Gasteiger partial charge on any atom is -0.494 e. The Bertz CT molecular complexity index is 514. The summed E-state index contributed by atoms with van der Waals surface area (Å²) in [6, 6.07) is 5.63. The number of rotatable bonds is 2. The van der Waals surface area contributed by atoms with Crippen LogP contribution in [0.2, 0.25) is 0 Å². The maximum atomic E-state index is 9.19. The monoisotopic (exact) mass is 275 g/mol. The van der Waals surface area contributed by atoms with Crippen LogP contribution in [0.4, 0.5) is 5.69 Å². The maximum Gasteiger partial charge on any atom is 0.261 e. The predicted molar refractivity (Wildman–Crippen MR) is 70.7 cm³/mol. The number of aryl methyl sites for hydroxylation is 1. The summed E-state index contributed by atoms with van der Waals surface area (Å²) in [7, 11) is -2.09. The smallest absolute Gasteiger partial charge is 0.261 e. The number of nitrogens with zero attached hydrogens (tertiary/aromatic N) is 1. The van der Waals surface area contributed by atoms with Crippen LogP contribution in [-0.2, 0) is 10.1 Å². The van der Waals surface area contributed by atoms with Gasteiger partial charge >= 0.3 is 0 Å². The number of methoxy groups -OCH3 is 1. The van der Waals surface area contributed by atoms with Gasteiger partial charge in [0.25, 0.3) is 10.1 Å². The third-order valence-electron chi connectivity index (χ3n) is 1.58.